The third-order valence-corrected chi connectivity index (χ3v) is 4.78. The zero-order valence-electron chi connectivity index (χ0n) is 14.8. The molecule has 4 rings (SSSR count). The highest BCUT2D eigenvalue weighted by atomic mass is 16.2. The van der Waals surface area contributed by atoms with E-state index < -0.39 is 6.04 Å². The molecule has 2 aromatic carbocycles. The standard InChI is InChI=1S/C21H20N4O2/c26-20-19(14-16-4-2-1-3-5-16)25(13-11-23-20)21(27)17-6-8-18(9-7-17)24-12-10-22-15-24/h1-10,12,15,19H,11,13-14H2,(H,23,26). The number of hydrogen-bond acceptors (Lipinski definition) is 3. The molecule has 1 N–H and O–H groups in total. The lowest BCUT2D eigenvalue weighted by Crippen LogP contribution is -2.58. The Labute approximate surface area is 157 Å². The predicted molar refractivity (Wildman–Crippen MR) is 102 cm³/mol. The number of imidazole rings is 1. The maximum atomic E-state index is 13.1. The number of benzene rings is 2. The first kappa shape index (κ1) is 17.0. The number of nitrogens with zero attached hydrogens (tertiary/aromatic N) is 3. The van der Waals surface area contributed by atoms with Crippen molar-refractivity contribution >= 4 is 11.8 Å². The minimum atomic E-state index is -0.498. The Morgan fingerprint density at radius 1 is 1.11 bits per heavy atom. The van der Waals surface area contributed by atoms with Gasteiger partial charge in [0.05, 0.1) is 6.33 Å². The van der Waals surface area contributed by atoms with Crippen molar-refractivity contribution in [3.05, 3.63) is 84.4 Å². The number of piperazine rings is 1. The van der Waals surface area contributed by atoms with Gasteiger partial charge in [-0.05, 0) is 29.8 Å². The van der Waals surface area contributed by atoms with Crippen LogP contribution in [0.25, 0.3) is 5.69 Å². The Hall–Kier alpha value is -3.41. The third kappa shape index (κ3) is 3.60. The summed E-state index contributed by atoms with van der Waals surface area (Å²) < 4.78 is 1.88. The number of amides is 2. The maximum absolute atomic E-state index is 13.1. The van der Waals surface area contributed by atoms with Gasteiger partial charge in [0.25, 0.3) is 5.91 Å². The number of carbonyl (C=O) groups is 2. The second-order valence-electron chi connectivity index (χ2n) is 6.51. The first-order chi connectivity index (χ1) is 13.2. The van der Waals surface area contributed by atoms with E-state index in [0.717, 1.165) is 11.3 Å². The Bertz CT molecular complexity index is 921. The van der Waals surface area contributed by atoms with Crippen molar-refractivity contribution in [2.24, 2.45) is 0 Å². The van der Waals surface area contributed by atoms with E-state index in [1.54, 1.807) is 29.6 Å². The summed E-state index contributed by atoms with van der Waals surface area (Å²) in [5.41, 5.74) is 2.54. The lowest BCUT2D eigenvalue weighted by molar-refractivity contribution is -0.127. The summed E-state index contributed by atoms with van der Waals surface area (Å²) in [7, 11) is 0. The molecule has 136 valence electrons. The Kier molecular flexibility index (Phi) is 4.70. The molecule has 1 aliphatic rings. The van der Waals surface area contributed by atoms with Crippen molar-refractivity contribution in [3.63, 3.8) is 0 Å². The summed E-state index contributed by atoms with van der Waals surface area (Å²) in [6, 6.07) is 16.6. The van der Waals surface area contributed by atoms with Gasteiger partial charge in [0.15, 0.2) is 0 Å². The van der Waals surface area contributed by atoms with Crippen LogP contribution >= 0.6 is 0 Å². The highest BCUT2D eigenvalue weighted by Gasteiger charge is 2.33. The van der Waals surface area contributed by atoms with Gasteiger partial charge < -0.3 is 14.8 Å². The third-order valence-electron chi connectivity index (χ3n) is 4.78. The topological polar surface area (TPSA) is 67.2 Å². The minimum Gasteiger partial charge on any atom is -0.353 e. The zero-order valence-corrected chi connectivity index (χ0v) is 14.8. The van der Waals surface area contributed by atoms with Crippen LogP contribution in [-0.2, 0) is 11.2 Å². The van der Waals surface area contributed by atoms with Gasteiger partial charge in [0.1, 0.15) is 6.04 Å². The molecule has 1 aromatic heterocycles. The first-order valence-corrected chi connectivity index (χ1v) is 8.93. The second kappa shape index (κ2) is 7.45. The number of carbonyl (C=O) groups excluding carboxylic acids is 2. The molecule has 27 heavy (non-hydrogen) atoms. The molecule has 0 bridgehead atoms. The normalized spacial score (nSPS) is 16.8. The van der Waals surface area contributed by atoms with E-state index in [1.165, 1.54) is 0 Å². The number of hydrogen-bond donors (Lipinski definition) is 1. The van der Waals surface area contributed by atoms with Crippen LogP contribution in [0.5, 0.6) is 0 Å². The minimum absolute atomic E-state index is 0.103. The van der Waals surface area contributed by atoms with Crippen LogP contribution in [0.15, 0.2) is 73.3 Å². The second-order valence-corrected chi connectivity index (χ2v) is 6.51. The van der Waals surface area contributed by atoms with Crippen LogP contribution in [0.1, 0.15) is 15.9 Å². The molecule has 1 unspecified atom stereocenters. The zero-order chi connectivity index (χ0) is 18.6. The van der Waals surface area contributed by atoms with E-state index in [0.29, 0.717) is 25.1 Å². The summed E-state index contributed by atoms with van der Waals surface area (Å²) in [6.07, 6.45) is 5.77. The fourth-order valence-corrected chi connectivity index (χ4v) is 3.35. The van der Waals surface area contributed by atoms with Crippen molar-refractivity contribution in [1.82, 2.24) is 19.8 Å². The van der Waals surface area contributed by atoms with Crippen molar-refractivity contribution < 1.29 is 9.59 Å². The Balaban J connectivity index is 1.55. The fraction of sp³-hybridized carbons (Fsp3) is 0.190. The van der Waals surface area contributed by atoms with E-state index >= 15 is 0 Å². The average molecular weight is 360 g/mol. The molecular formula is C21H20N4O2. The van der Waals surface area contributed by atoms with Gasteiger partial charge in [-0.3, -0.25) is 9.59 Å². The molecule has 0 spiro atoms. The van der Waals surface area contributed by atoms with Crippen molar-refractivity contribution in [1.29, 1.82) is 0 Å². The lowest BCUT2D eigenvalue weighted by Gasteiger charge is -2.35. The smallest absolute Gasteiger partial charge is 0.254 e. The van der Waals surface area contributed by atoms with E-state index in [-0.39, 0.29) is 11.8 Å². The van der Waals surface area contributed by atoms with Crippen molar-refractivity contribution in [3.8, 4) is 5.69 Å². The molecule has 0 radical (unpaired) electrons. The number of nitrogens with one attached hydrogen (secondary N) is 1. The summed E-state index contributed by atoms with van der Waals surface area (Å²) >= 11 is 0. The van der Waals surface area contributed by atoms with Crippen molar-refractivity contribution in [2.75, 3.05) is 13.1 Å². The van der Waals surface area contributed by atoms with Crippen LogP contribution in [0.3, 0.4) is 0 Å². The average Bonchev–Trinajstić information content (AvgIpc) is 3.25. The highest BCUT2D eigenvalue weighted by molar-refractivity contribution is 5.98. The van der Waals surface area contributed by atoms with Crippen LogP contribution in [0.2, 0.25) is 0 Å². The van der Waals surface area contributed by atoms with Gasteiger partial charge in [-0.2, -0.15) is 0 Å². The maximum Gasteiger partial charge on any atom is 0.254 e. The molecule has 0 aliphatic carbocycles. The fourth-order valence-electron chi connectivity index (χ4n) is 3.35. The van der Waals surface area contributed by atoms with Gasteiger partial charge in [0.2, 0.25) is 5.91 Å². The van der Waals surface area contributed by atoms with Gasteiger partial charge in [-0.1, -0.05) is 30.3 Å². The van der Waals surface area contributed by atoms with Crippen LogP contribution < -0.4 is 5.32 Å². The lowest BCUT2D eigenvalue weighted by atomic mass is 10.0. The molecule has 2 amide bonds. The highest BCUT2D eigenvalue weighted by Crippen LogP contribution is 2.17. The van der Waals surface area contributed by atoms with Crippen LogP contribution in [-0.4, -0.2) is 45.4 Å². The predicted octanol–water partition coefficient (Wildman–Crippen LogP) is 2.06. The molecule has 1 fully saturated rings. The van der Waals surface area contributed by atoms with E-state index in [9.17, 15) is 9.59 Å². The summed E-state index contributed by atoms with van der Waals surface area (Å²) in [6.45, 7) is 0.980. The number of aromatic nitrogens is 2. The quantitative estimate of drug-likeness (QED) is 0.774. The van der Waals surface area contributed by atoms with Crippen molar-refractivity contribution in [2.45, 2.75) is 12.5 Å². The largest absolute Gasteiger partial charge is 0.353 e. The molecule has 1 saturated heterocycles. The molecule has 1 atom stereocenters. The summed E-state index contributed by atoms with van der Waals surface area (Å²) in [5, 5.41) is 2.87. The molecule has 1 aliphatic heterocycles. The Morgan fingerprint density at radius 3 is 2.59 bits per heavy atom. The summed E-state index contributed by atoms with van der Waals surface area (Å²) in [4.78, 5) is 31.2. The summed E-state index contributed by atoms with van der Waals surface area (Å²) in [5.74, 6) is -0.226. The molecule has 6 nitrogen and oxygen atoms in total. The molecule has 6 heteroatoms. The Morgan fingerprint density at radius 2 is 1.89 bits per heavy atom. The molecule has 2 heterocycles. The monoisotopic (exact) mass is 360 g/mol. The van der Waals surface area contributed by atoms with Gasteiger partial charge in [0, 0.05) is 43.2 Å². The van der Waals surface area contributed by atoms with Crippen LogP contribution in [0.4, 0.5) is 0 Å². The van der Waals surface area contributed by atoms with Gasteiger partial charge in [-0.25, -0.2) is 4.98 Å². The SMILES string of the molecule is O=C1NCCN(C(=O)c2ccc(-n3ccnc3)cc2)C1Cc1ccccc1. The molecule has 3 aromatic rings. The number of rotatable bonds is 4. The first-order valence-electron chi connectivity index (χ1n) is 8.93. The molecular weight excluding hydrogens is 340 g/mol. The van der Waals surface area contributed by atoms with Gasteiger partial charge in [-0.15, -0.1) is 0 Å². The van der Waals surface area contributed by atoms with Crippen LogP contribution in [0, 0.1) is 0 Å². The van der Waals surface area contributed by atoms with E-state index in [2.05, 4.69) is 10.3 Å². The van der Waals surface area contributed by atoms with E-state index in [1.807, 2.05) is 53.2 Å². The van der Waals surface area contributed by atoms with E-state index in [4.69, 9.17) is 0 Å². The van der Waals surface area contributed by atoms with Gasteiger partial charge >= 0.3 is 0 Å². The molecule has 0 saturated carbocycles.